The molecule has 0 saturated carbocycles. The molecule has 1 fully saturated rings. The van der Waals surface area contributed by atoms with Gasteiger partial charge in [-0.1, -0.05) is 0 Å². The number of nitrogens with one attached hydrogen (secondary N) is 2. The first-order valence-corrected chi connectivity index (χ1v) is 7.62. The van der Waals surface area contributed by atoms with Crippen molar-refractivity contribution in [3.63, 3.8) is 0 Å². The van der Waals surface area contributed by atoms with Crippen molar-refractivity contribution in [1.29, 1.82) is 0 Å². The van der Waals surface area contributed by atoms with E-state index in [2.05, 4.69) is 15.2 Å². The minimum Gasteiger partial charge on any atom is -0.391 e. The predicted octanol–water partition coefficient (Wildman–Crippen LogP) is 0.390. The van der Waals surface area contributed by atoms with E-state index >= 15 is 0 Å². The number of amides is 1. The van der Waals surface area contributed by atoms with Crippen LogP contribution in [-0.4, -0.2) is 50.3 Å². The van der Waals surface area contributed by atoms with Crippen molar-refractivity contribution in [2.75, 3.05) is 13.1 Å². The number of carbonyl (C=O) groups is 1. The average Bonchev–Trinajstić information content (AvgIpc) is 3.05. The molecule has 0 spiro atoms. The number of H-pyrrole nitrogens is 2. The second kappa shape index (κ2) is 6.00. The van der Waals surface area contributed by atoms with Gasteiger partial charge in [-0.25, -0.2) is 0 Å². The summed E-state index contributed by atoms with van der Waals surface area (Å²) in [5, 5.41) is 17.3. The smallest absolute Gasteiger partial charge is 0.260 e. The third-order valence-electron chi connectivity index (χ3n) is 4.21. The normalized spacial score (nSPS) is 20.9. The highest BCUT2D eigenvalue weighted by Crippen LogP contribution is 2.22. The van der Waals surface area contributed by atoms with Gasteiger partial charge >= 0.3 is 0 Å². The van der Waals surface area contributed by atoms with Crippen LogP contribution < -0.4 is 5.56 Å². The van der Waals surface area contributed by atoms with Crippen LogP contribution in [0.5, 0.6) is 0 Å². The Hall–Kier alpha value is -2.41. The maximum atomic E-state index is 12.5. The Kier molecular flexibility index (Phi) is 4.04. The van der Waals surface area contributed by atoms with Crippen LogP contribution in [-0.2, 0) is 6.42 Å². The SMILES string of the molecule is Cc1cc(C[C@@H]2CN(C(=O)c3ccc(C)[nH]c3=O)C[C@H]2O)n[nH]1. The highest BCUT2D eigenvalue weighted by atomic mass is 16.3. The third-order valence-corrected chi connectivity index (χ3v) is 4.21. The number of rotatable bonds is 3. The molecule has 1 amide bonds. The molecule has 0 unspecified atom stereocenters. The largest absolute Gasteiger partial charge is 0.391 e. The molecule has 7 nitrogen and oxygen atoms in total. The Labute approximate surface area is 133 Å². The fraction of sp³-hybridized carbons (Fsp3) is 0.438. The van der Waals surface area contributed by atoms with Crippen molar-refractivity contribution in [2.24, 2.45) is 5.92 Å². The number of aliphatic hydroxyl groups excluding tert-OH is 1. The standard InChI is InChI=1S/C16H20N4O3/c1-9-3-4-13(15(22)17-9)16(23)20-7-11(14(21)8-20)6-12-5-10(2)18-19-12/h3-5,11,14,21H,6-8H2,1-2H3,(H,17,22)(H,18,19)/t11-,14-/m1/s1. The minimum absolute atomic E-state index is 0.0776. The van der Waals surface area contributed by atoms with E-state index in [9.17, 15) is 14.7 Å². The number of nitrogens with zero attached hydrogens (tertiary/aromatic N) is 2. The van der Waals surface area contributed by atoms with Crippen molar-refractivity contribution in [3.8, 4) is 0 Å². The monoisotopic (exact) mass is 316 g/mol. The first-order chi connectivity index (χ1) is 10.9. The summed E-state index contributed by atoms with van der Waals surface area (Å²) in [6, 6.07) is 5.17. The zero-order valence-corrected chi connectivity index (χ0v) is 13.2. The number of likely N-dealkylation sites (tertiary alicyclic amines) is 1. The number of β-amino-alcohol motifs (C(OH)–C–C–N with tert-alkyl or cyclic N) is 1. The molecule has 1 aliphatic heterocycles. The lowest BCUT2D eigenvalue weighted by molar-refractivity contribution is 0.0763. The van der Waals surface area contributed by atoms with Crippen molar-refractivity contribution >= 4 is 5.91 Å². The minimum atomic E-state index is -0.611. The van der Waals surface area contributed by atoms with E-state index in [1.807, 2.05) is 13.0 Å². The summed E-state index contributed by atoms with van der Waals surface area (Å²) < 4.78 is 0. The lowest BCUT2D eigenvalue weighted by atomic mass is 10.0. The third kappa shape index (κ3) is 3.19. The molecule has 3 heterocycles. The molecular formula is C16H20N4O3. The molecule has 3 N–H and O–H groups in total. The number of pyridine rings is 1. The summed E-state index contributed by atoms with van der Waals surface area (Å²) in [6.45, 7) is 4.33. The number of aromatic amines is 2. The number of hydrogen-bond acceptors (Lipinski definition) is 4. The quantitative estimate of drug-likeness (QED) is 0.762. The van der Waals surface area contributed by atoms with Gasteiger partial charge in [0.2, 0.25) is 0 Å². The van der Waals surface area contributed by atoms with Crippen LogP contribution in [0, 0.1) is 19.8 Å². The lowest BCUT2D eigenvalue weighted by Crippen LogP contribution is -2.33. The van der Waals surface area contributed by atoms with E-state index in [1.165, 1.54) is 11.0 Å². The Morgan fingerprint density at radius 2 is 2.13 bits per heavy atom. The van der Waals surface area contributed by atoms with Gasteiger partial charge in [-0.15, -0.1) is 0 Å². The van der Waals surface area contributed by atoms with Crippen molar-refractivity contribution in [3.05, 3.63) is 51.2 Å². The van der Waals surface area contributed by atoms with Gasteiger partial charge in [-0.2, -0.15) is 5.10 Å². The molecular weight excluding hydrogens is 296 g/mol. The maximum Gasteiger partial charge on any atom is 0.260 e. The summed E-state index contributed by atoms with van der Waals surface area (Å²) in [4.78, 5) is 28.6. The molecule has 1 aliphatic rings. The van der Waals surface area contributed by atoms with Gasteiger partial charge in [0, 0.05) is 30.4 Å². The van der Waals surface area contributed by atoms with Crippen LogP contribution >= 0.6 is 0 Å². The summed E-state index contributed by atoms with van der Waals surface area (Å²) in [6.07, 6.45) is -0.0139. The first-order valence-electron chi connectivity index (χ1n) is 7.62. The topological polar surface area (TPSA) is 102 Å². The lowest BCUT2D eigenvalue weighted by Gasteiger charge is -2.15. The molecule has 2 atom stereocenters. The van der Waals surface area contributed by atoms with Gasteiger partial charge in [0.15, 0.2) is 0 Å². The Bertz CT molecular complexity index is 780. The number of carbonyl (C=O) groups excluding carboxylic acids is 1. The predicted molar refractivity (Wildman–Crippen MR) is 84.2 cm³/mol. The molecule has 0 aliphatic carbocycles. The first kappa shape index (κ1) is 15.5. The molecule has 2 aromatic rings. The van der Waals surface area contributed by atoms with Crippen LogP contribution in [0.15, 0.2) is 23.0 Å². The molecule has 7 heteroatoms. The van der Waals surface area contributed by atoms with E-state index in [0.29, 0.717) is 18.7 Å². The fourth-order valence-electron chi connectivity index (χ4n) is 2.98. The fourth-order valence-corrected chi connectivity index (χ4v) is 2.98. The van der Waals surface area contributed by atoms with E-state index in [1.54, 1.807) is 13.0 Å². The summed E-state index contributed by atoms with van der Waals surface area (Å²) >= 11 is 0. The number of aromatic nitrogens is 3. The van der Waals surface area contributed by atoms with E-state index in [0.717, 1.165) is 11.4 Å². The Morgan fingerprint density at radius 3 is 2.78 bits per heavy atom. The number of aryl methyl sites for hydroxylation is 2. The van der Waals surface area contributed by atoms with Crippen molar-refractivity contribution < 1.29 is 9.90 Å². The van der Waals surface area contributed by atoms with E-state index in [4.69, 9.17) is 0 Å². The van der Waals surface area contributed by atoms with Crippen LogP contribution in [0.1, 0.15) is 27.4 Å². The second-order valence-electron chi connectivity index (χ2n) is 6.17. The summed E-state index contributed by atoms with van der Waals surface area (Å²) in [5.41, 5.74) is 2.26. The summed E-state index contributed by atoms with van der Waals surface area (Å²) in [5.74, 6) is -0.419. The number of aliphatic hydroxyl groups is 1. The van der Waals surface area contributed by atoms with Gasteiger partial charge in [0.1, 0.15) is 5.56 Å². The van der Waals surface area contributed by atoms with Crippen molar-refractivity contribution in [1.82, 2.24) is 20.1 Å². The highest BCUT2D eigenvalue weighted by Gasteiger charge is 2.35. The highest BCUT2D eigenvalue weighted by molar-refractivity contribution is 5.94. The molecule has 0 aromatic carbocycles. The zero-order chi connectivity index (χ0) is 16.6. The molecule has 2 aromatic heterocycles. The van der Waals surface area contributed by atoms with Crippen LogP contribution in [0.2, 0.25) is 0 Å². The Balaban J connectivity index is 1.72. The van der Waals surface area contributed by atoms with Gasteiger partial charge in [0.25, 0.3) is 11.5 Å². The molecule has 0 radical (unpaired) electrons. The molecule has 1 saturated heterocycles. The van der Waals surface area contributed by atoms with Gasteiger partial charge < -0.3 is 15.0 Å². The van der Waals surface area contributed by atoms with Crippen molar-refractivity contribution in [2.45, 2.75) is 26.4 Å². The zero-order valence-electron chi connectivity index (χ0n) is 13.2. The Morgan fingerprint density at radius 1 is 1.35 bits per heavy atom. The summed E-state index contributed by atoms with van der Waals surface area (Å²) in [7, 11) is 0. The van der Waals surface area contributed by atoms with E-state index < -0.39 is 11.7 Å². The van der Waals surface area contributed by atoms with Gasteiger partial charge in [-0.3, -0.25) is 14.7 Å². The molecule has 3 rings (SSSR count). The van der Waals surface area contributed by atoms with Crippen LogP contribution in [0.4, 0.5) is 0 Å². The molecule has 0 bridgehead atoms. The average molecular weight is 316 g/mol. The number of hydrogen-bond donors (Lipinski definition) is 3. The van der Waals surface area contributed by atoms with Gasteiger partial charge in [0.05, 0.1) is 11.8 Å². The van der Waals surface area contributed by atoms with E-state index in [-0.39, 0.29) is 23.9 Å². The van der Waals surface area contributed by atoms with Gasteiger partial charge in [-0.05, 0) is 38.5 Å². The van der Waals surface area contributed by atoms with Crippen LogP contribution in [0.25, 0.3) is 0 Å². The molecule has 23 heavy (non-hydrogen) atoms. The maximum absolute atomic E-state index is 12.5. The second-order valence-corrected chi connectivity index (χ2v) is 6.17. The molecule has 122 valence electrons. The van der Waals surface area contributed by atoms with Crippen LogP contribution in [0.3, 0.4) is 0 Å².